The average Bonchev–Trinajstić information content (AvgIpc) is 2.55. The lowest BCUT2D eigenvalue weighted by Gasteiger charge is -2.12. The summed E-state index contributed by atoms with van der Waals surface area (Å²) in [5, 5.41) is 0. The molecule has 5 nitrogen and oxygen atoms in total. The molecule has 6 heteroatoms. The van der Waals surface area contributed by atoms with E-state index in [4.69, 9.17) is 18.9 Å². The van der Waals surface area contributed by atoms with Crippen molar-refractivity contribution in [2.75, 3.05) is 27.4 Å². The third kappa shape index (κ3) is 4.89. The zero-order chi connectivity index (χ0) is 15.8. The van der Waals surface area contributed by atoms with Crippen molar-refractivity contribution in [3.63, 3.8) is 0 Å². The van der Waals surface area contributed by atoms with Crippen LogP contribution >= 0.6 is 15.9 Å². The van der Waals surface area contributed by atoms with Crippen LogP contribution in [0, 0.1) is 0 Å². The van der Waals surface area contributed by atoms with E-state index in [9.17, 15) is 0 Å². The number of methoxy groups -OCH3 is 2. The summed E-state index contributed by atoms with van der Waals surface area (Å²) < 4.78 is 22.3. The third-order valence-corrected chi connectivity index (χ3v) is 3.30. The smallest absolute Gasteiger partial charge is 0.257 e. The Balaban J connectivity index is 2.01. The molecule has 1 heterocycles. The maximum absolute atomic E-state index is 5.74. The molecule has 0 atom stereocenters. The highest BCUT2D eigenvalue weighted by Gasteiger charge is 2.08. The zero-order valence-electron chi connectivity index (χ0n) is 12.5. The van der Waals surface area contributed by atoms with E-state index in [1.165, 1.54) is 0 Å². The van der Waals surface area contributed by atoms with Gasteiger partial charge in [0.2, 0.25) is 0 Å². The molecule has 0 unspecified atom stereocenters. The molecule has 0 saturated heterocycles. The summed E-state index contributed by atoms with van der Waals surface area (Å²) in [6.07, 6.45) is 1.67. The van der Waals surface area contributed by atoms with Gasteiger partial charge in [-0.25, -0.2) is 4.98 Å². The van der Waals surface area contributed by atoms with Crippen molar-refractivity contribution in [3.05, 3.63) is 46.6 Å². The largest absolute Gasteiger partial charge is 0.497 e. The van der Waals surface area contributed by atoms with Gasteiger partial charge in [0, 0.05) is 23.8 Å². The maximum atomic E-state index is 5.74. The summed E-state index contributed by atoms with van der Waals surface area (Å²) in [7, 11) is 3.27. The van der Waals surface area contributed by atoms with Crippen LogP contribution in [0.3, 0.4) is 0 Å². The number of aromatic nitrogens is 1. The van der Waals surface area contributed by atoms with Gasteiger partial charge in [-0.05, 0) is 33.6 Å². The summed E-state index contributed by atoms with van der Waals surface area (Å²) in [4.78, 5) is 4.25. The summed E-state index contributed by atoms with van der Waals surface area (Å²) in [6, 6.07) is 9.51. The van der Waals surface area contributed by atoms with E-state index >= 15 is 0 Å². The van der Waals surface area contributed by atoms with Crippen molar-refractivity contribution < 1.29 is 18.9 Å². The fraction of sp³-hybridized carbons (Fsp3) is 0.312. The van der Waals surface area contributed by atoms with Crippen LogP contribution in [0.5, 0.6) is 17.4 Å². The Hall–Kier alpha value is -1.79. The number of rotatable bonds is 8. The molecule has 0 bridgehead atoms. The molecule has 0 fully saturated rings. The van der Waals surface area contributed by atoms with E-state index in [0.717, 1.165) is 15.8 Å². The molecule has 2 aromatic rings. The van der Waals surface area contributed by atoms with E-state index in [1.54, 1.807) is 20.4 Å². The van der Waals surface area contributed by atoms with Gasteiger partial charge in [0.25, 0.3) is 5.88 Å². The molecule has 0 radical (unpaired) electrons. The summed E-state index contributed by atoms with van der Waals surface area (Å²) in [5.41, 5.74) is 1.02. The molecule has 0 spiro atoms. The highest BCUT2D eigenvalue weighted by molar-refractivity contribution is 9.10. The molecule has 1 aromatic heterocycles. The van der Waals surface area contributed by atoms with Gasteiger partial charge >= 0.3 is 0 Å². The molecule has 0 N–H and O–H groups in total. The molecule has 0 aliphatic heterocycles. The summed E-state index contributed by atoms with van der Waals surface area (Å²) in [5.74, 6) is 1.85. The molecular formula is C16H18BrNO4. The average molecular weight is 368 g/mol. The predicted octanol–water partition coefficient (Wildman–Crippen LogP) is 3.46. The Morgan fingerprint density at radius 1 is 1.05 bits per heavy atom. The topological polar surface area (TPSA) is 49.8 Å². The van der Waals surface area contributed by atoms with E-state index < -0.39 is 0 Å². The van der Waals surface area contributed by atoms with Crippen molar-refractivity contribution in [2.45, 2.75) is 6.61 Å². The lowest BCUT2D eigenvalue weighted by Crippen LogP contribution is -2.07. The number of nitrogens with zero attached hydrogens (tertiary/aromatic N) is 1. The number of halogens is 1. The van der Waals surface area contributed by atoms with Crippen molar-refractivity contribution in [1.82, 2.24) is 4.98 Å². The number of ether oxygens (including phenoxy) is 4. The fourth-order valence-electron chi connectivity index (χ4n) is 1.73. The minimum atomic E-state index is 0.402. The van der Waals surface area contributed by atoms with Crippen molar-refractivity contribution in [2.24, 2.45) is 0 Å². The lowest BCUT2D eigenvalue weighted by atomic mass is 10.2. The second kappa shape index (κ2) is 8.60. The molecular weight excluding hydrogens is 350 g/mol. The van der Waals surface area contributed by atoms with Gasteiger partial charge in [-0.2, -0.15) is 0 Å². The number of hydrogen-bond acceptors (Lipinski definition) is 5. The third-order valence-electron chi connectivity index (χ3n) is 2.86. The molecule has 1 aromatic carbocycles. The Morgan fingerprint density at radius 2 is 1.82 bits per heavy atom. The fourth-order valence-corrected chi connectivity index (χ4v) is 2.04. The van der Waals surface area contributed by atoms with Crippen LogP contribution < -0.4 is 14.2 Å². The molecule has 0 amide bonds. The molecule has 0 saturated carbocycles. The monoisotopic (exact) mass is 367 g/mol. The van der Waals surface area contributed by atoms with E-state index in [1.807, 2.05) is 30.3 Å². The standard InChI is InChI=1S/C16H18BrNO4/c1-19-7-8-21-15-9-13(17)10-18-16(15)22-11-12-3-5-14(20-2)6-4-12/h3-6,9-10H,7-8,11H2,1-2H3. The minimum Gasteiger partial charge on any atom is -0.497 e. The van der Waals surface area contributed by atoms with Crippen molar-refractivity contribution in [3.8, 4) is 17.4 Å². The van der Waals surface area contributed by atoms with Crippen LogP contribution in [0.4, 0.5) is 0 Å². The first-order chi connectivity index (χ1) is 10.7. The zero-order valence-corrected chi connectivity index (χ0v) is 14.1. The van der Waals surface area contributed by atoms with Gasteiger partial charge in [-0.15, -0.1) is 0 Å². The first-order valence-corrected chi connectivity index (χ1v) is 7.55. The molecule has 118 valence electrons. The van der Waals surface area contributed by atoms with Gasteiger partial charge in [0.15, 0.2) is 5.75 Å². The van der Waals surface area contributed by atoms with E-state index in [0.29, 0.717) is 31.5 Å². The Morgan fingerprint density at radius 3 is 2.50 bits per heavy atom. The van der Waals surface area contributed by atoms with Crippen LogP contribution in [0.2, 0.25) is 0 Å². The Kier molecular flexibility index (Phi) is 6.48. The highest BCUT2D eigenvalue weighted by Crippen LogP contribution is 2.28. The normalized spacial score (nSPS) is 10.3. The van der Waals surface area contributed by atoms with Gasteiger partial charge in [-0.1, -0.05) is 12.1 Å². The first-order valence-electron chi connectivity index (χ1n) is 6.76. The first kappa shape index (κ1) is 16.6. The van der Waals surface area contributed by atoms with E-state index in [-0.39, 0.29) is 0 Å². The van der Waals surface area contributed by atoms with E-state index in [2.05, 4.69) is 20.9 Å². The van der Waals surface area contributed by atoms with Gasteiger partial charge in [0.1, 0.15) is 19.0 Å². The van der Waals surface area contributed by atoms with Gasteiger partial charge in [0.05, 0.1) is 13.7 Å². The summed E-state index contributed by atoms with van der Waals surface area (Å²) in [6.45, 7) is 1.34. The van der Waals surface area contributed by atoms with Crippen LogP contribution in [-0.4, -0.2) is 32.4 Å². The quantitative estimate of drug-likeness (QED) is 0.668. The Labute approximate surface area is 138 Å². The van der Waals surface area contributed by atoms with Crippen molar-refractivity contribution in [1.29, 1.82) is 0 Å². The van der Waals surface area contributed by atoms with Gasteiger partial charge in [-0.3, -0.25) is 0 Å². The van der Waals surface area contributed by atoms with Crippen molar-refractivity contribution >= 4 is 15.9 Å². The number of hydrogen-bond donors (Lipinski definition) is 0. The van der Waals surface area contributed by atoms with Crippen LogP contribution in [0.1, 0.15) is 5.56 Å². The minimum absolute atomic E-state index is 0.402. The second-order valence-electron chi connectivity index (χ2n) is 4.43. The molecule has 22 heavy (non-hydrogen) atoms. The second-order valence-corrected chi connectivity index (χ2v) is 5.35. The SMILES string of the molecule is COCCOc1cc(Br)cnc1OCc1ccc(OC)cc1. The predicted molar refractivity (Wildman–Crippen MR) is 86.6 cm³/mol. The lowest BCUT2D eigenvalue weighted by molar-refractivity contribution is 0.142. The number of benzene rings is 1. The molecule has 0 aliphatic carbocycles. The highest BCUT2D eigenvalue weighted by atomic mass is 79.9. The Bertz CT molecular complexity index is 589. The van der Waals surface area contributed by atoms with Crippen LogP contribution in [0.25, 0.3) is 0 Å². The summed E-state index contributed by atoms with van der Waals surface area (Å²) >= 11 is 3.37. The van der Waals surface area contributed by atoms with Crippen LogP contribution in [-0.2, 0) is 11.3 Å². The number of pyridine rings is 1. The maximum Gasteiger partial charge on any atom is 0.257 e. The van der Waals surface area contributed by atoms with Gasteiger partial charge < -0.3 is 18.9 Å². The van der Waals surface area contributed by atoms with Crippen LogP contribution in [0.15, 0.2) is 41.0 Å². The molecule has 0 aliphatic rings. The molecule has 2 rings (SSSR count).